The average molecular weight is 476 g/mol. The predicted molar refractivity (Wildman–Crippen MR) is 131 cm³/mol. The molecule has 0 saturated heterocycles. The van der Waals surface area contributed by atoms with Crippen LogP contribution in [0.1, 0.15) is 85.8 Å². The van der Waals surface area contributed by atoms with E-state index < -0.39 is 23.8 Å². The van der Waals surface area contributed by atoms with Crippen LogP contribution in [-0.4, -0.2) is 51.6 Å². The quantitative estimate of drug-likeness (QED) is 0.468. The van der Waals surface area contributed by atoms with Crippen molar-refractivity contribution < 1.29 is 24.2 Å². The van der Waals surface area contributed by atoms with Crippen LogP contribution in [0.4, 0.5) is 4.79 Å². The Morgan fingerprint density at radius 2 is 1.79 bits per heavy atom. The van der Waals surface area contributed by atoms with E-state index in [2.05, 4.69) is 10.6 Å². The average Bonchev–Trinajstić information content (AvgIpc) is 3.53. The number of carbonyl (C=O) groups is 3. The highest BCUT2D eigenvalue weighted by Gasteiger charge is 2.45. The van der Waals surface area contributed by atoms with Gasteiger partial charge < -0.3 is 25.4 Å². The minimum atomic E-state index is -0.923. The van der Waals surface area contributed by atoms with Crippen molar-refractivity contribution in [3.8, 4) is 5.75 Å². The number of phenolic OH excluding ortho intramolecular Hbond substituents is 1. The van der Waals surface area contributed by atoms with Gasteiger partial charge in [0.1, 0.15) is 23.4 Å². The molecule has 3 atom stereocenters. The lowest BCUT2D eigenvalue weighted by Gasteiger charge is -2.36. The Bertz CT molecular complexity index is 860. The van der Waals surface area contributed by atoms with Gasteiger partial charge in [-0.25, -0.2) is 4.79 Å². The summed E-state index contributed by atoms with van der Waals surface area (Å²) in [6.07, 6.45) is 2.60. The summed E-state index contributed by atoms with van der Waals surface area (Å²) in [6.45, 7) is 12.9. The summed E-state index contributed by atoms with van der Waals surface area (Å²) < 4.78 is 5.38. The maximum Gasteiger partial charge on any atom is 0.408 e. The summed E-state index contributed by atoms with van der Waals surface area (Å²) in [5.41, 5.74) is -0.175. The molecule has 0 spiro atoms. The molecule has 8 nitrogen and oxygen atoms in total. The second-order valence-corrected chi connectivity index (χ2v) is 10.5. The fraction of sp³-hybridized carbons (Fsp3) is 0.654. The maximum absolute atomic E-state index is 13.9. The van der Waals surface area contributed by atoms with E-state index in [1.165, 1.54) is 12.1 Å². The molecule has 3 unspecified atom stereocenters. The number of rotatable bonds is 10. The lowest BCUT2D eigenvalue weighted by Crippen LogP contribution is -2.56. The molecule has 0 heterocycles. The van der Waals surface area contributed by atoms with Crippen LogP contribution in [0.3, 0.4) is 0 Å². The monoisotopic (exact) mass is 475 g/mol. The van der Waals surface area contributed by atoms with E-state index in [9.17, 15) is 19.5 Å². The van der Waals surface area contributed by atoms with Gasteiger partial charge in [-0.1, -0.05) is 39.3 Å². The molecule has 0 radical (unpaired) electrons. The highest BCUT2D eigenvalue weighted by Crippen LogP contribution is 2.37. The number of alkyl carbamates (subject to hydrolysis) is 1. The summed E-state index contributed by atoms with van der Waals surface area (Å²) in [5.74, 6) is -0.845. The van der Waals surface area contributed by atoms with E-state index >= 15 is 0 Å². The molecule has 1 aliphatic carbocycles. The molecule has 34 heavy (non-hydrogen) atoms. The number of ether oxygens (including phenoxy) is 1. The number of benzene rings is 1. The van der Waals surface area contributed by atoms with Gasteiger partial charge in [0, 0.05) is 12.1 Å². The summed E-state index contributed by atoms with van der Waals surface area (Å²) >= 11 is 0. The number of aromatic hydroxyl groups is 1. The van der Waals surface area contributed by atoms with Crippen molar-refractivity contribution in [2.75, 3.05) is 0 Å². The molecule has 0 bridgehead atoms. The van der Waals surface area contributed by atoms with E-state index in [-0.39, 0.29) is 35.6 Å². The summed E-state index contributed by atoms with van der Waals surface area (Å²) in [5, 5.41) is 15.9. The fourth-order valence-electron chi connectivity index (χ4n) is 3.94. The van der Waals surface area contributed by atoms with E-state index in [0.29, 0.717) is 5.56 Å². The van der Waals surface area contributed by atoms with Gasteiger partial charge >= 0.3 is 6.09 Å². The lowest BCUT2D eigenvalue weighted by atomic mass is 9.98. The Morgan fingerprint density at radius 3 is 2.29 bits per heavy atom. The second-order valence-electron chi connectivity index (χ2n) is 10.5. The highest BCUT2D eigenvalue weighted by molar-refractivity contribution is 5.92. The molecule has 1 aromatic rings. The van der Waals surface area contributed by atoms with Crippen LogP contribution in [0.5, 0.6) is 5.75 Å². The molecule has 3 amide bonds. The third kappa shape index (κ3) is 7.92. The minimum Gasteiger partial charge on any atom is -0.508 e. The van der Waals surface area contributed by atoms with Crippen LogP contribution in [0.2, 0.25) is 0 Å². The molecule has 1 aliphatic rings. The molecule has 0 aromatic heterocycles. The van der Waals surface area contributed by atoms with Crippen molar-refractivity contribution in [1.29, 1.82) is 0 Å². The Morgan fingerprint density at radius 1 is 1.15 bits per heavy atom. The van der Waals surface area contributed by atoms with E-state index in [1.807, 2.05) is 27.7 Å². The van der Waals surface area contributed by atoms with Gasteiger partial charge in [-0.15, -0.1) is 0 Å². The van der Waals surface area contributed by atoms with Crippen molar-refractivity contribution in [1.82, 2.24) is 15.5 Å². The molecule has 190 valence electrons. The Balaban J connectivity index is 2.42. The van der Waals surface area contributed by atoms with Gasteiger partial charge in [-0.3, -0.25) is 9.59 Å². The van der Waals surface area contributed by atoms with Crippen LogP contribution >= 0.6 is 0 Å². The van der Waals surface area contributed by atoms with E-state index in [4.69, 9.17) is 4.74 Å². The number of carbonyl (C=O) groups excluding carboxylic acids is 3. The van der Waals surface area contributed by atoms with Gasteiger partial charge in [0.15, 0.2) is 0 Å². The molecule has 2 rings (SSSR count). The van der Waals surface area contributed by atoms with Crippen LogP contribution in [0.25, 0.3) is 0 Å². The fourth-order valence-corrected chi connectivity index (χ4v) is 3.94. The molecule has 1 saturated carbocycles. The highest BCUT2D eigenvalue weighted by atomic mass is 16.6. The molecule has 8 heteroatoms. The Hall–Kier alpha value is -2.77. The SMILES string of the molecule is CCCC(C)NC(=O)C(c1cccc(O)c1)N(C(=O)C(NC(=O)OC(C)(C)C)C(C)C)C1CC1. The first-order chi connectivity index (χ1) is 15.8. The Labute approximate surface area is 203 Å². The number of amides is 3. The predicted octanol–water partition coefficient (Wildman–Crippen LogP) is 4.28. The molecule has 1 aromatic carbocycles. The smallest absolute Gasteiger partial charge is 0.408 e. The standard InChI is InChI=1S/C26H41N3O5/c1-8-10-17(4)27-23(31)22(18-11-9-12-20(30)15-18)29(19-13-14-19)24(32)21(16(2)3)28-25(33)34-26(5,6)7/h9,11-12,15-17,19,21-22,30H,8,10,13-14H2,1-7H3,(H,27,31)(H,28,33). The second kappa shape index (κ2) is 11.6. The first kappa shape index (κ1) is 27.5. The van der Waals surface area contributed by atoms with Crippen LogP contribution in [0.15, 0.2) is 24.3 Å². The molecular weight excluding hydrogens is 434 g/mol. The largest absolute Gasteiger partial charge is 0.508 e. The zero-order valence-corrected chi connectivity index (χ0v) is 21.6. The molecule has 1 fully saturated rings. The third-order valence-electron chi connectivity index (χ3n) is 5.62. The summed E-state index contributed by atoms with van der Waals surface area (Å²) in [6, 6.07) is 4.48. The zero-order chi connectivity index (χ0) is 25.6. The van der Waals surface area contributed by atoms with Crippen LogP contribution in [0, 0.1) is 5.92 Å². The van der Waals surface area contributed by atoms with Crippen molar-refractivity contribution in [3.05, 3.63) is 29.8 Å². The van der Waals surface area contributed by atoms with E-state index in [1.54, 1.807) is 37.8 Å². The van der Waals surface area contributed by atoms with Gasteiger partial charge in [0.05, 0.1) is 0 Å². The lowest BCUT2D eigenvalue weighted by molar-refractivity contribution is -0.144. The first-order valence-corrected chi connectivity index (χ1v) is 12.2. The molecule has 0 aliphatic heterocycles. The molecule has 3 N–H and O–H groups in total. The minimum absolute atomic E-state index is 0.0207. The summed E-state index contributed by atoms with van der Waals surface area (Å²) in [7, 11) is 0. The number of nitrogens with one attached hydrogen (secondary N) is 2. The number of hydrogen-bond donors (Lipinski definition) is 3. The van der Waals surface area contributed by atoms with E-state index in [0.717, 1.165) is 25.7 Å². The van der Waals surface area contributed by atoms with Crippen molar-refractivity contribution in [2.24, 2.45) is 5.92 Å². The van der Waals surface area contributed by atoms with Gasteiger partial charge in [0.25, 0.3) is 0 Å². The van der Waals surface area contributed by atoms with Crippen molar-refractivity contribution >= 4 is 17.9 Å². The number of hydrogen-bond acceptors (Lipinski definition) is 5. The van der Waals surface area contributed by atoms with Gasteiger partial charge in [-0.2, -0.15) is 0 Å². The van der Waals surface area contributed by atoms with Gasteiger partial charge in [0.2, 0.25) is 11.8 Å². The van der Waals surface area contributed by atoms with Crippen molar-refractivity contribution in [2.45, 2.75) is 104 Å². The zero-order valence-electron chi connectivity index (χ0n) is 21.6. The first-order valence-electron chi connectivity index (χ1n) is 12.2. The van der Waals surface area contributed by atoms with Crippen molar-refractivity contribution in [3.63, 3.8) is 0 Å². The van der Waals surface area contributed by atoms with Gasteiger partial charge in [-0.05, 0) is 70.6 Å². The number of phenols is 1. The van der Waals surface area contributed by atoms with Crippen LogP contribution < -0.4 is 10.6 Å². The Kier molecular flexibility index (Phi) is 9.36. The third-order valence-corrected chi connectivity index (χ3v) is 5.62. The maximum atomic E-state index is 13.9. The molecular formula is C26H41N3O5. The van der Waals surface area contributed by atoms with Crippen LogP contribution in [-0.2, 0) is 14.3 Å². The normalized spacial score (nSPS) is 16.4. The number of nitrogens with zero attached hydrogens (tertiary/aromatic N) is 1. The summed E-state index contributed by atoms with van der Waals surface area (Å²) in [4.78, 5) is 41.5. The topological polar surface area (TPSA) is 108 Å².